The third-order valence-corrected chi connectivity index (χ3v) is 6.93. The van der Waals surface area contributed by atoms with Crippen LogP contribution >= 0.6 is 23.4 Å². The molecule has 0 unspecified atom stereocenters. The predicted molar refractivity (Wildman–Crippen MR) is 157 cm³/mol. The Morgan fingerprint density at radius 3 is 2.49 bits per heavy atom. The fourth-order valence-electron chi connectivity index (χ4n) is 3.51. The van der Waals surface area contributed by atoms with Gasteiger partial charge in [0.15, 0.2) is 0 Å². The molecule has 0 fully saturated rings. The molecule has 7 nitrogen and oxygen atoms in total. The van der Waals surface area contributed by atoms with E-state index in [0.717, 1.165) is 10.5 Å². The molecule has 0 aliphatic rings. The molecule has 4 aromatic rings. The Kier molecular flexibility index (Phi) is 9.50. The van der Waals surface area contributed by atoms with Gasteiger partial charge in [-0.15, -0.1) is 11.8 Å². The summed E-state index contributed by atoms with van der Waals surface area (Å²) in [6.07, 6.45) is 4.78. The van der Waals surface area contributed by atoms with E-state index in [4.69, 9.17) is 11.6 Å². The third-order valence-electron chi connectivity index (χ3n) is 5.53. The fourth-order valence-corrected chi connectivity index (χ4v) is 4.44. The summed E-state index contributed by atoms with van der Waals surface area (Å²) in [5.41, 5.74) is 3.12. The normalized spacial score (nSPS) is 11.0. The highest BCUT2D eigenvalue weighted by molar-refractivity contribution is 8.00. The van der Waals surface area contributed by atoms with Gasteiger partial charge in [-0.2, -0.15) is 0 Å². The number of hydrogen-bond acceptors (Lipinski definition) is 5. The number of thioether (sulfide) groups is 1. The van der Waals surface area contributed by atoms with Crippen LogP contribution < -0.4 is 16.0 Å². The van der Waals surface area contributed by atoms with Gasteiger partial charge in [0.05, 0.1) is 5.75 Å². The Hall–Kier alpha value is -4.40. The van der Waals surface area contributed by atoms with Crippen LogP contribution in [0.2, 0.25) is 5.02 Å². The molecule has 0 atom stereocenters. The van der Waals surface area contributed by atoms with E-state index >= 15 is 0 Å². The first-order chi connectivity index (χ1) is 18.9. The number of nitrogens with zero attached hydrogens (tertiary/aromatic N) is 1. The molecule has 9 heteroatoms. The molecular formula is C30H25ClN4O3S. The first-order valence-electron chi connectivity index (χ1n) is 12.0. The number of aromatic nitrogens is 1. The highest BCUT2D eigenvalue weighted by Gasteiger charge is 2.16. The molecule has 0 spiro atoms. The topological polar surface area (TPSA) is 100 Å². The smallest absolute Gasteiger partial charge is 0.272 e. The van der Waals surface area contributed by atoms with Gasteiger partial charge in [0.1, 0.15) is 5.70 Å². The van der Waals surface area contributed by atoms with Gasteiger partial charge in [-0.05, 0) is 72.7 Å². The number of anilines is 2. The fraction of sp³-hybridized carbons (Fsp3) is 0.0667. The Morgan fingerprint density at radius 2 is 1.72 bits per heavy atom. The van der Waals surface area contributed by atoms with Crippen LogP contribution in [0.3, 0.4) is 0 Å². The largest absolute Gasteiger partial charge is 0.325 e. The van der Waals surface area contributed by atoms with Crippen molar-refractivity contribution in [3.05, 3.63) is 125 Å². The van der Waals surface area contributed by atoms with Crippen LogP contribution in [0.15, 0.2) is 108 Å². The zero-order valence-electron chi connectivity index (χ0n) is 21.0. The second-order valence-electron chi connectivity index (χ2n) is 8.40. The summed E-state index contributed by atoms with van der Waals surface area (Å²) in [6, 6.07) is 24.6. The lowest BCUT2D eigenvalue weighted by Gasteiger charge is -2.12. The van der Waals surface area contributed by atoms with E-state index in [9.17, 15) is 14.4 Å². The summed E-state index contributed by atoms with van der Waals surface area (Å²) in [6.45, 7) is 1.84. The van der Waals surface area contributed by atoms with Crippen LogP contribution in [-0.4, -0.2) is 28.5 Å². The number of benzene rings is 3. The van der Waals surface area contributed by atoms with Crippen molar-refractivity contribution in [2.75, 3.05) is 16.4 Å². The highest BCUT2D eigenvalue weighted by Crippen LogP contribution is 2.25. The first-order valence-corrected chi connectivity index (χ1v) is 13.3. The number of amides is 3. The summed E-state index contributed by atoms with van der Waals surface area (Å²) in [4.78, 5) is 43.4. The highest BCUT2D eigenvalue weighted by atomic mass is 35.5. The van der Waals surface area contributed by atoms with E-state index in [1.54, 1.807) is 91.3 Å². The standard InChI is InChI=1S/C30H25ClN4O3S/c1-20-25(31)13-6-14-26(20)34-28(36)19-39-24-12-5-11-23(17-24)33-30(38)27(16-21-8-7-15-32-18-21)35-29(37)22-9-3-2-4-10-22/h2-18H,19H2,1H3,(H,33,38)(H,34,36)(H,35,37)/b27-16-. The maximum atomic E-state index is 13.2. The summed E-state index contributed by atoms with van der Waals surface area (Å²) in [5.74, 6) is -0.918. The lowest BCUT2D eigenvalue weighted by molar-refractivity contribution is -0.114. The minimum absolute atomic E-state index is 0.0613. The SMILES string of the molecule is Cc1c(Cl)cccc1NC(=O)CSc1cccc(NC(=O)/C(=C/c2cccnc2)NC(=O)c2ccccc2)c1. The average molecular weight is 557 g/mol. The molecule has 4 rings (SSSR count). The average Bonchev–Trinajstić information content (AvgIpc) is 2.95. The molecule has 39 heavy (non-hydrogen) atoms. The van der Waals surface area contributed by atoms with E-state index in [-0.39, 0.29) is 17.4 Å². The van der Waals surface area contributed by atoms with E-state index in [2.05, 4.69) is 20.9 Å². The first kappa shape index (κ1) is 27.6. The molecule has 0 saturated heterocycles. The van der Waals surface area contributed by atoms with Crippen LogP contribution in [-0.2, 0) is 9.59 Å². The number of nitrogens with one attached hydrogen (secondary N) is 3. The summed E-state index contributed by atoms with van der Waals surface area (Å²) in [5, 5.41) is 8.99. The monoisotopic (exact) mass is 556 g/mol. The van der Waals surface area contributed by atoms with Gasteiger partial charge in [0.2, 0.25) is 5.91 Å². The van der Waals surface area contributed by atoms with Crippen LogP contribution in [0, 0.1) is 6.92 Å². The summed E-state index contributed by atoms with van der Waals surface area (Å²) in [7, 11) is 0. The lowest BCUT2D eigenvalue weighted by atomic mass is 10.2. The molecule has 0 saturated carbocycles. The van der Waals surface area contributed by atoms with Crippen molar-refractivity contribution >= 4 is 58.5 Å². The molecule has 1 aromatic heterocycles. The molecule has 3 amide bonds. The van der Waals surface area contributed by atoms with Crippen LogP contribution in [0.25, 0.3) is 6.08 Å². The van der Waals surface area contributed by atoms with Crippen LogP contribution in [0.1, 0.15) is 21.5 Å². The van der Waals surface area contributed by atoms with Crippen molar-refractivity contribution in [1.29, 1.82) is 0 Å². The van der Waals surface area contributed by atoms with Crippen LogP contribution in [0.4, 0.5) is 11.4 Å². The second kappa shape index (κ2) is 13.4. The van der Waals surface area contributed by atoms with Crippen molar-refractivity contribution in [3.63, 3.8) is 0 Å². The van der Waals surface area contributed by atoms with Crippen molar-refractivity contribution in [2.45, 2.75) is 11.8 Å². The maximum Gasteiger partial charge on any atom is 0.272 e. The number of hydrogen-bond donors (Lipinski definition) is 3. The Labute approximate surface area is 235 Å². The van der Waals surface area contributed by atoms with E-state index in [0.29, 0.717) is 27.5 Å². The van der Waals surface area contributed by atoms with Crippen molar-refractivity contribution < 1.29 is 14.4 Å². The van der Waals surface area contributed by atoms with E-state index < -0.39 is 11.8 Å². The molecule has 196 valence electrons. The van der Waals surface area contributed by atoms with Gasteiger partial charge in [-0.3, -0.25) is 19.4 Å². The zero-order valence-corrected chi connectivity index (χ0v) is 22.6. The van der Waals surface area contributed by atoms with Gasteiger partial charge in [0.25, 0.3) is 11.8 Å². The second-order valence-corrected chi connectivity index (χ2v) is 9.85. The zero-order chi connectivity index (χ0) is 27.6. The number of pyridine rings is 1. The number of carbonyl (C=O) groups is 3. The van der Waals surface area contributed by atoms with Crippen LogP contribution in [0.5, 0.6) is 0 Å². The van der Waals surface area contributed by atoms with Gasteiger partial charge in [-0.25, -0.2) is 0 Å². The number of carbonyl (C=O) groups excluding carboxylic acids is 3. The molecule has 1 heterocycles. The molecule has 3 aromatic carbocycles. The van der Waals surface area contributed by atoms with E-state index in [1.165, 1.54) is 11.8 Å². The lowest BCUT2D eigenvalue weighted by Crippen LogP contribution is -2.30. The maximum absolute atomic E-state index is 13.2. The Morgan fingerprint density at radius 1 is 0.923 bits per heavy atom. The summed E-state index contributed by atoms with van der Waals surface area (Å²) >= 11 is 7.46. The Bertz CT molecular complexity index is 1510. The molecule has 0 bridgehead atoms. The Balaban J connectivity index is 1.43. The molecule has 0 radical (unpaired) electrons. The van der Waals surface area contributed by atoms with Crippen molar-refractivity contribution in [3.8, 4) is 0 Å². The van der Waals surface area contributed by atoms with Gasteiger partial charge < -0.3 is 16.0 Å². The minimum Gasteiger partial charge on any atom is -0.325 e. The molecule has 0 aliphatic heterocycles. The molecule has 0 aliphatic carbocycles. The van der Waals surface area contributed by atoms with Gasteiger partial charge >= 0.3 is 0 Å². The third kappa shape index (κ3) is 8.04. The van der Waals surface area contributed by atoms with Crippen molar-refractivity contribution in [2.24, 2.45) is 0 Å². The predicted octanol–water partition coefficient (Wildman–Crippen LogP) is 6.18. The van der Waals surface area contributed by atoms with Gasteiger partial charge in [-0.1, -0.05) is 48.0 Å². The van der Waals surface area contributed by atoms with Gasteiger partial charge in [0, 0.05) is 39.3 Å². The number of halogens is 1. The van der Waals surface area contributed by atoms with E-state index in [1.807, 2.05) is 19.1 Å². The quantitative estimate of drug-likeness (QED) is 0.169. The molecular weight excluding hydrogens is 532 g/mol. The number of rotatable bonds is 9. The van der Waals surface area contributed by atoms with Crippen molar-refractivity contribution in [1.82, 2.24) is 10.3 Å². The summed E-state index contributed by atoms with van der Waals surface area (Å²) < 4.78 is 0. The minimum atomic E-state index is -0.501. The molecule has 3 N–H and O–H groups in total.